The maximum Gasteiger partial charge on any atom is 0.165 e. The van der Waals surface area contributed by atoms with Gasteiger partial charge in [0.2, 0.25) is 0 Å². The molecule has 106 valence electrons. The van der Waals surface area contributed by atoms with Gasteiger partial charge in [-0.2, -0.15) is 0 Å². The molecule has 1 aromatic rings. The van der Waals surface area contributed by atoms with E-state index in [1.54, 1.807) is 12.1 Å². The minimum absolute atomic E-state index is 0.120. The van der Waals surface area contributed by atoms with Crippen LogP contribution >= 0.6 is 0 Å². The number of aliphatic hydroxyl groups excluding tert-OH is 1. The van der Waals surface area contributed by atoms with Gasteiger partial charge in [-0.3, -0.25) is 9.79 Å². The van der Waals surface area contributed by atoms with Crippen LogP contribution in [0.15, 0.2) is 40.6 Å². The summed E-state index contributed by atoms with van der Waals surface area (Å²) in [7, 11) is 0. The maximum atomic E-state index is 11.8. The second-order valence-electron chi connectivity index (χ2n) is 6.01. The van der Waals surface area contributed by atoms with Crippen LogP contribution in [0.2, 0.25) is 0 Å². The van der Waals surface area contributed by atoms with Crippen molar-refractivity contribution in [3.63, 3.8) is 0 Å². The summed E-state index contributed by atoms with van der Waals surface area (Å²) in [6.07, 6.45) is 1.13. The number of carbonyl (C=O) groups excluding carboxylic acids is 1. The van der Waals surface area contributed by atoms with Gasteiger partial charge in [-0.1, -0.05) is 26.0 Å². The van der Waals surface area contributed by atoms with Crippen LogP contribution in [0, 0.1) is 5.41 Å². The van der Waals surface area contributed by atoms with Gasteiger partial charge in [-0.25, -0.2) is 0 Å². The van der Waals surface area contributed by atoms with Gasteiger partial charge < -0.3 is 10.8 Å². The number of para-hydroxylation sites is 2. The topological polar surface area (TPSA) is 75.7 Å². The number of anilines is 1. The highest BCUT2D eigenvalue weighted by molar-refractivity contribution is 6.23. The second-order valence-corrected chi connectivity index (χ2v) is 6.01. The van der Waals surface area contributed by atoms with Gasteiger partial charge in [0.1, 0.15) is 5.76 Å². The van der Waals surface area contributed by atoms with Crippen LogP contribution in [0.25, 0.3) is 0 Å². The summed E-state index contributed by atoms with van der Waals surface area (Å²) >= 11 is 0. The number of aliphatic hydroxyl groups is 1. The van der Waals surface area contributed by atoms with E-state index >= 15 is 0 Å². The quantitative estimate of drug-likeness (QED) is 0.808. The zero-order valence-electron chi connectivity index (χ0n) is 12.1. The van der Waals surface area contributed by atoms with Crippen molar-refractivity contribution in [1.29, 1.82) is 0 Å². The van der Waals surface area contributed by atoms with Crippen LogP contribution in [0.5, 0.6) is 0 Å². The van der Waals surface area contributed by atoms with Crippen molar-refractivity contribution >= 4 is 22.9 Å². The van der Waals surface area contributed by atoms with Crippen molar-refractivity contribution < 1.29 is 9.90 Å². The van der Waals surface area contributed by atoms with Gasteiger partial charge in [0.25, 0.3) is 0 Å². The lowest BCUT2D eigenvalue weighted by Crippen LogP contribution is -2.28. The lowest BCUT2D eigenvalue weighted by Gasteiger charge is -2.31. The lowest BCUT2D eigenvalue weighted by molar-refractivity contribution is -0.113. The van der Waals surface area contributed by atoms with Crippen molar-refractivity contribution in [2.75, 3.05) is 5.73 Å². The normalized spacial score (nSPS) is 20.2. The average Bonchev–Trinajstić information content (AvgIpc) is 2.29. The number of nitrogen functional groups attached to an aromatic ring is 1. The van der Waals surface area contributed by atoms with E-state index in [9.17, 15) is 9.90 Å². The predicted octanol–water partition coefficient (Wildman–Crippen LogP) is 3.56. The van der Waals surface area contributed by atoms with Crippen molar-refractivity contribution in [2.45, 2.75) is 33.6 Å². The standard InChI is InChI=1S/C16H20N2O2/c1-10(19)15-13(8-16(2,3)9-14(15)20)18-12-7-5-4-6-11(12)17/h4-7,20H,8-9,17H2,1-3H3. The number of nitrogens with two attached hydrogens (primary N) is 1. The largest absolute Gasteiger partial charge is 0.511 e. The Morgan fingerprint density at radius 1 is 1.30 bits per heavy atom. The zero-order chi connectivity index (χ0) is 14.9. The molecule has 0 saturated heterocycles. The summed E-state index contributed by atoms with van der Waals surface area (Å²) in [6.45, 7) is 5.54. The number of rotatable bonds is 2. The molecule has 0 aromatic heterocycles. The highest BCUT2D eigenvalue weighted by Crippen LogP contribution is 2.38. The molecule has 0 spiro atoms. The molecule has 0 saturated carbocycles. The summed E-state index contributed by atoms with van der Waals surface area (Å²) in [5.74, 6) is -0.0340. The van der Waals surface area contributed by atoms with E-state index in [1.165, 1.54) is 6.92 Å². The molecule has 0 bridgehead atoms. The second kappa shape index (κ2) is 5.12. The maximum absolute atomic E-state index is 11.8. The smallest absolute Gasteiger partial charge is 0.165 e. The first-order valence-corrected chi connectivity index (χ1v) is 6.66. The van der Waals surface area contributed by atoms with Crippen LogP contribution in [-0.4, -0.2) is 16.6 Å². The van der Waals surface area contributed by atoms with E-state index in [4.69, 9.17) is 5.73 Å². The van der Waals surface area contributed by atoms with E-state index < -0.39 is 0 Å². The first-order valence-electron chi connectivity index (χ1n) is 6.66. The molecular formula is C16H20N2O2. The van der Waals surface area contributed by atoms with Crippen molar-refractivity contribution in [3.05, 3.63) is 35.6 Å². The van der Waals surface area contributed by atoms with Gasteiger partial charge in [0.05, 0.1) is 22.7 Å². The molecule has 20 heavy (non-hydrogen) atoms. The fraction of sp³-hybridized carbons (Fsp3) is 0.375. The number of ketones is 1. The van der Waals surface area contributed by atoms with E-state index in [0.717, 1.165) is 0 Å². The Morgan fingerprint density at radius 2 is 1.95 bits per heavy atom. The van der Waals surface area contributed by atoms with Crippen LogP contribution in [0.4, 0.5) is 11.4 Å². The summed E-state index contributed by atoms with van der Waals surface area (Å²) in [6, 6.07) is 7.26. The molecule has 0 fully saturated rings. The van der Waals surface area contributed by atoms with Crippen molar-refractivity contribution in [3.8, 4) is 0 Å². The molecule has 4 nitrogen and oxygen atoms in total. The zero-order valence-corrected chi connectivity index (χ0v) is 12.1. The molecule has 0 amide bonds. The third-order valence-electron chi connectivity index (χ3n) is 3.41. The van der Waals surface area contributed by atoms with Crippen LogP contribution in [0.1, 0.15) is 33.6 Å². The monoisotopic (exact) mass is 272 g/mol. The molecule has 1 aliphatic rings. The number of hydrogen-bond donors (Lipinski definition) is 2. The van der Waals surface area contributed by atoms with Crippen LogP contribution < -0.4 is 5.73 Å². The highest BCUT2D eigenvalue weighted by Gasteiger charge is 2.33. The Bertz CT molecular complexity index is 613. The van der Waals surface area contributed by atoms with E-state index in [0.29, 0.717) is 35.5 Å². The molecule has 2 rings (SSSR count). The molecule has 0 radical (unpaired) electrons. The molecule has 1 aromatic carbocycles. The number of hydrogen-bond acceptors (Lipinski definition) is 4. The number of Topliss-reactive ketones (excluding diaryl/α,β-unsaturated/α-hetero) is 1. The molecule has 0 unspecified atom stereocenters. The average molecular weight is 272 g/mol. The van der Waals surface area contributed by atoms with E-state index in [2.05, 4.69) is 4.99 Å². The van der Waals surface area contributed by atoms with Gasteiger partial charge in [0.15, 0.2) is 5.78 Å². The fourth-order valence-electron chi connectivity index (χ4n) is 2.55. The highest BCUT2D eigenvalue weighted by atomic mass is 16.3. The Morgan fingerprint density at radius 3 is 2.55 bits per heavy atom. The number of allylic oxidation sites excluding steroid dienone is 2. The fourth-order valence-corrected chi connectivity index (χ4v) is 2.55. The third-order valence-corrected chi connectivity index (χ3v) is 3.41. The van der Waals surface area contributed by atoms with Crippen LogP contribution in [-0.2, 0) is 4.79 Å². The van der Waals surface area contributed by atoms with Gasteiger partial charge >= 0.3 is 0 Å². The molecule has 1 aliphatic carbocycles. The Hall–Kier alpha value is -2.10. The minimum Gasteiger partial charge on any atom is -0.511 e. The Balaban J connectivity index is 2.55. The summed E-state index contributed by atoms with van der Waals surface area (Å²) in [5, 5.41) is 10.1. The Kier molecular flexibility index (Phi) is 3.66. The molecular weight excluding hydrogens is 252 g/mol. The van der Waals surface area contributed by atoms with Gasteiger partial charge in [0, 0.05) is 6.42 Å². The number of nitrogens with zero attached hydrogens (tertiary/aromatic N) is 1. The molecule has 0 atom stereocenters. The third kappa shape index (κ3) is 2.90. The van der Waals surface area contributed by atoms with Crippen molar-refractivity contribution in [2.24, 2.45) is 10.4 Å². The first kappa shape index (κ1) is 14.3. The van der Waals surface area contributed by atoms with Gasteiger partial charge in [-0.15, -0.1) is 0 Å². The van der Waals surface area contributed by atoms with E-state index in [1.807, 2.05) is 26.0 Å². The number of aliphatic imine (C=N–C) groups is 1. The predicted molar refractivity (Wildman–Crippen MR) is 81.3 cm³/mol. The minimum atomic E-state index is -0.161. The number of carbonyl (C=O) groups is 1. The van der Waals surface area contributed by atoms with E-state index in [-0.39, 0.29) is 17.0 Å². The molecule has 0 heterocycles. The summed E-state index contributed by atoms with van der Waals surface area (Å²) in [5.41, 5.74) is 7.92. The summed E-state index contributed by atoms with van der Waals surface area (Å²) in [4.78, 5) is 16.3. The molecule has 0 aliphatic heterocycles. The molecule has 3 N–H and O–H groups in total. The van der Waals surface area contributed by atoms with Crippen LogP contribution in [0.3, 0.4) is 0 Å². The first-order chi connectivity index (χ1) is 9.30. The molecule has 4 heteroatoms. The number of benzene rings is 1. The Labute approximate surface area is 119 Å². The lowest BCUT2D eigenvalue weighted by atomic mass is 9.75. The SMILES string of the molecule is CC(=O)C1=C(O)CC(C)(C)CC1=Nc1ccccc1N. The van der Waals surface area contributed by atoms with Crippen molar-refractivity contribution in [1.82, 2.24) is 0 Å². The van der Waals surface area contributed by atoms with Gasteiger partial charge in [-0.05, 0) is 30.9 Å². The summed E-state index contributed by atoms with van der Waals surface area (Å²) < 4.78 is 0.